The van der Waals surface area contributed by atoms with E-state index in [0.29, 0.717) is 45.3 Å². The number of hydrogen-bond donors (Lipinski definition) is 2. The molecule has 0 spiro atoms. The minimum Gasteiger partial charge on any atom is -0.393 e. The normalized spacial score (nSPS) is 53.1. The Morgan fingerprint density at radius 2 is 1.40 bits per heavy atom. The topological polar surface area (TPSA) is 66.6 Å². The summed E-state index contributed by atoms with van der Waals surface area (Å²) in [5.74, 6) is 3.84. The maximum atomic E-state index is 14.7. The van der Waals surface area contributed by atoms with E-state index in [0.717, 1.165) is 57.0 Å². The lowest BCUT2D eigenvalue weighted by molar-refractivity contribution is -0.249. The minimum atomic E-state index is -0.161. The average molecular weight is 553 g/mol. The molecule has 0 aromatic heterocycles. The maximum absolute atomic E-state index is 14.7. The van der Waals surface area contributed by atoms with Gasteiger partial charge in [-0.2, -0.15) is 0 Å². The Labute approximate surface area is 245 Å². The van der Waals surface area contributed by atoms with Crippen molar-refractivity contribution in [2.75, 3.05) is 13.1 Å². The van der Waals surface area contributed by atoms with Gasteiger partial charge in [0.25, 0.3) is 0 Å². The minimum absolute atomic E-state index is 0.00825. The van der Waals surface area contributed by atoms with Gasteiger partial charge in [-0.25, -0.2) is 0 Å². The number of piperidine rings is 1. The van der Waals surface area contributed by atoms with Gasteiger partial charge >= 0.3 is 0 Å². The second-order valence-electron chi connectivity index (χ2n) is 18.2. The summed E-state index contributed by atoms with van der Waals surface area (Å²) in [4.78, 5) is 17.0. The van der Waals surface area contributed by atoms with E-state index in [2.05, 4.69) is 46.4 Å². The summed E-state index contributed by atoms with van der Waals surface area (Å²) in [5.41, 5.74) is 7.58. The standard InChI is InChI=1S/C36H60N2O2/c1-31(2)26-10-15-35(6)27(33(26,4)14-11-28(31)39)8-7-25-29-24(32(3)17-18-32)9-16-36(29,20-19-34(25,35)5)30(40)38-21-12-23(37)13-22-38/h23-29,39H,7-22,37H2,1-6H3/t24-,25-,26+,27-,28?,29-,33+,34-,35-,36?/m1/s1. The molecule has 6 aliphatic carbocycles. The Kier molecular flexibility index (Phi) is 6.15. The van der Waals surface area contributed by atoms with Crippen LogP contribution in [0, 0.1) is 62.1 Å². The molecule has 7 aliphatic rings. The van der Waals surface area contributed by atoms with Gasteiger partial charge in [0.2, 0.25) is 5.91 Å². The van der Waals surface area contributed by atoms with Gasteiger partial charge in [0.1, 0.15) is 0 Å². The van der Waals surface area contributed by atoms with Crippen molar-refractivity contribution >= 4 is 5.91 Å². The van der Waals surface area contributed by atoms with Crippen LogP contribution in [0.1, 0.15) is 131 Å². The zero-order chi connectivity index (χ0) is 28.5. The number of nitrogens with two attached hydrogens (primary N) is 1. The first-order valence-corrected chi connectivity index (χ1v) is 17.5. The summed E-state index contributed by atoms with van der Waals surface area (Å²) in [6.45, 7) is 17.1. The Bertz CT molecular complexity index is 1040. The van der Waals surface area contributed by atoms with Crippen molar-refractivity contribution in [1.82, 2.24) is 4.90 Å². The van der Waals surface area contributed by atoms with Gasteiger partial charge in [-0.1, -0.05) is 41.5 Å². The van der Waals surface area contributed by atoms with Crippen LogP contribution < -0.4 is 5.73 Å². The van der Waals surface area contributed by atoms with Crippen molar-refractivity contribution in [3.63, 3.8) is 0 Å². The quantitative estimate of drug-likeness (QED) is 0.381. The molecule has 2 unspecified atom stereocenters. The van der Waals surface area contributed by atoms with Gasteiger partial charge in [-0.3, -0.25) is 4.79 Å². The summed E-state index contributed by atoms with van der Waals surface area (Å²) in [6, 6.07) is 0.270. The summed E-state index contributed by atoms with van der Waals surface area (Å²) in [7, 11) is 0. The summed E-state index contributed by atoms with van der Waals surface area (Å²) in [5, 5.41) is 11.1. The Morgan fingerprint density at radius 1 is 0.700 bits per heavy atom. The summed E-state index contributed by atoms with van der Waals surface area (Å²) < 4.78 is 0. The lowest BCUT2D eigenvalue weighted by atomic mass is 9.32. The molecule has 4 heteroatoms. The highest BCUT2D eigenvalue weighted by molar-refractivity contribution is 5.84. The lowest BCUT2D eigenvalue weighted by Crippen LogP contribution is -2.67. The van der Waals surface area contributed by atoms with Crippen molar-refractivity contribution in [1.29, 1.82) is 0 Å². The van der Waals surface area contributed by atoms with Crippen molar-refractivity contribution in [2.45, 2.75) is 144 Å². The van der Waals surface area contributed by atoms with E-state index in [9.17, 15) is 9.90 Å². The third-order valence-electron chi connectivity index (χ3n) is 16.6. The van der Waals surface area contributed by atoms with E-state index in [-0.39, 0.29) is 23.0 Å². The largest absolute Gasteiger partial charge is 0.393 e. The average Bonchev–Trinajstić information content (AvgIpc) is 3.52. The molecule has 3 N–H and O–H groups in total. The first-order chi connectivity index (χ1) is 18.7. The molecule has 10 atom stereocenters. The number of nitrogens with zero attached hydrogens (tertiary/aromatic N) is 1. The van der Waals surface area contributed by atoms with Gasteiger partial charge in [0, 0.05) is 19.1 Å². The van der Waals surface area contributed by atoms with Crippen molar-refractivity contribution in [3.05, 3.63) is 0 Å². The summed E-state index contributed by atoms with van der Waals surface area (Å²) >= 11 is 0. The fourth-order valence-corrected chi connectivity index (χ4v) is 13.7. The summed E-state index contributed by atoms with van der Waals surface area (Å²) in [6.07, 6.45) is 16.7. The smallest absolute Gasteiger partial charge is 0.229 e. The zero-order valence-electron chi connectivity index (χ0n) is 26.7. The van der Waals surface area contributed by atoms with Crippen LogP contribution in [0.2, 0.25) is 0 Å². The molecule has 0 radical (unpaired) electrons. The van der Waals surface area contributed by atoms with Crippen LogP contribution in [0.3, 0.4) is 0 Å². The number of amides is 1. The van der Waals surface area contributed by atoms with Crippen LogP contribution in [-0.2, 0) is 4.79 Å². The maximum Gasteiger partial charge on any atom is 0.229 e. The molecule has 4 nitrogen and oxygen atoms in total. The van der Waals surface area contributed by atoms with E-state index < -0.39 is 0 Å². The van der Waals surface area contributed by atoms with E-state index in [1.54, 1.807) is 0 Å². The number of fused-ring (bicyclic) bond motifs is 7. The van der Waals surface area contributed by atoms with E-state index >= 15 is 0 Å². The molecular formula is C36H60N2O2. The Balaban J connectivity index is 1.26. The molecule has 0 bridgehead atoms. The second kappa shape index (κ2) is 8.73. The SMILES string of the molecule is CC1([C@@H]2CCC3(C(=O)N4CCC(N)CC4)CC[C@]4(C)[C@H](CC[C@@H]5[C@@]6(C)CCC(O)C(C)(C)[C@@H]6CC[C@]54C)[C@@H]23)CC1. The zero-order valence-corrected chi connectivity index (χ0v) is 26.7. The fourth-order valence-electron chi connectivity index (χ4n) is 13.7. The number of aliphatic hydroxyl groups is 1. The van der Waals surface area contributed by atoms with Crippen molar-refractivity contribution in [3.8, 4) is 0 Å². The van der Waals surface area contributed by atoms with Crippen LogP contribution in [0.5, 0.6) is 0 Å². The molecule has 1 heterocycles. The number of likely N-dealkylation sites (tertiary alicyclic amines) is 1. The Hall–Kier alpha value is -0.610. The lowest BCUT2D eigenvalue weighted by Gasteiger charge is -2.73. The highest BCUT2D eigenvalue weighted by atomic mass is 16.3. The molecule has 1 amide bonds. The van der Waals surface area contributed by atoms with Crippen LogP contribution in [0.15, 0.2) is 0 Å². The fraction of sp³-hybridized carbons (Fsp3) is 0.972. The molecule has 0 aromatic rings. The van der Waals surface area contributed by atoms with Crippen LogP contribution in [-0.4, -0.2) is 41.1 Å². The van der Waals surface area contributed by atoms with E-state index in [1.807, 2.05) is 0 Å². The second-order valence-corrected chi connectivity index (χ2v) is 18.2. The predicted octanol–water partition coefficient (Wildman–Crippen LogP) is 7.18. The van der Waals surface area contributed by atoms with Crippen LogP contribution in [0.4, 0.5) is 0 Å². The molecule has 226 valence electrons. The third-order valence-corrected chi connectivity index (χ3v) is 16.6. The molecule has 40 heavy (non-hydrogen) atoms. The predicted molar refractivity (Wildman–Crippen MR) is 161 cm³/mol. The molecular weight excluding hydrogens is 492 g/mol. The first-order valence-electron chi connectivity index (χ1n) is 17.5. The number of rotatable bonds is 2. The molecule has 0 aromatic carbocycles. The molecule has 7 fully saturated rings. The van der Waals surface area contributed by atoms with Gasteiger partial charge in [-0.15, -0.1) is 0 Å². The monoisotopic (exact) mass is 552 g/mol. The highest BCUT2D eigenvalue weighted by Crippen LogP contribution is 2.79. The van der Waals surface area contributed by atoms with Crippen molar-refractivity contribution < 1.29 is 9.90 Å². The van der Waals surface area contributed by atoms with Gasteiger partial charge in [0.05, 0.1) is 11.5 Å². The third kappa shape index (κ3) is 3.47. The molecule has 1 aliphatic heterocycles. The highest BCUT2D eigenvalue weighted by Gasteiger charge is 2.73. The van der Waals surface area contributed by atoms with Crippen molar-refractivity contribution in [2.24, 2.45) is 67.8 Å². The van der Waals surface area contributed by atoms with Gasteiger partial charge in [0.15, 0.2) is 0 Å². The number of carbonyl (C=O) groups excluding carboxylic acids is 1. The van der Waals surface area contributed by atoms with Crippen LogP contribution in [0.25, 0.3) is 0 Å². The number of hydrogen-bond acceptors (Lipinski definition) is 3. The van der Waals surface area contributed by atoms with E-state index in [1.165, 1.54) is 57.8 Å². The van der Waals surface area contributed by atoms with Crippen LogP contribution >= 0.6 is 0 Å². The molecule has 6 saturated carbocycles. The number of aliphatic hydroxyl groups excluding tert-OH is 1. The van der Waals surface area contributed by atoms with E-state index in [4.69, 9.17) is 5.73 Å². The first kappa shape index (κ1) is 28.2. The Morgan fingerprint density at radius 3 is 2.08 bits per heavy atom. The molecule has 7 rings (SSSR count). The molecule has 1 saturated heterocycles. The number of carbonyl (C=O) groups is 1. The van der Waals surface area contributed by atoms with Gasteiger partial charge in [-0.05, 0) is 147 Å². The van der Waals surface area contributed by atoms with Gasteiger partial charge < -0.3 is 15.7 Å².